The molecule has 0 aromatic heterocycles. The molecule has 0 heterocycles. The minimum atomic E-state index is -0.723. The van der Waals surface area contributed by atoms with Crippen molar-refractivity contribution in [2.24, 2.45) is 0 Å². The molecule has 0 aliphatic carbocycles. The molecule has 0 aliphatic heterocycles. The molecule has 0 saturated heterocycles. The second kappa shape index (κ2) is 5.24. The van der Waals surface area contributed by atoms with E-state index in [1.165, 1.54) is 7.11 Å². The fourth-order valence-electron chi connectivity index (χ4n) is 1.10. The third-order valence-corrected chi connectivity index (χ3v) is 1.77. The van der Waals surface area contributed by atoms with Crippen LogP contribution in [0.4, 0.5) is 4.79 Å². The lowest BCUT2D eigenvalue weighted by atomic mass is 10.2. The summed E-state index contributed by atoms with van der Waals surface area (Å²) in [6.07, 6.45) is -0.723. The van der Waals surface area contributed by atoms with Crippen LogP contribution in [-0.2, 0) is 4.74 Å². The van der Waals surface area contributed by atoms with Crippen molar-refractivity contribution in [1.82, 2.24) is 0 Å². The summed E-state index contributed by atoms with van der Waals surface area (Å²) in [5, 5.41) is 0. The highest BCUT2D eigenvalue weighted by Crippen LogP contribution is 2.27. The molecule has 82 valence electrons. The molecule has 1 aromatic rings. The zero-order chi connectivity index (χ0) is 11.3. The highest BCUT2D eigenvalue weighted by Gasteiger charge is 2.10. The van der Waals surface area contributed by atoms with Crippen molar-refractivity contribution in [2.45, 2.75) is 13.8 Å². The van der Waals surface area contributed by atoms with Crippen LogP contribution in [0.25, 0.3) is 0 Å². The van der Waals surface area contributed by atoms with Gasteiger partial charge in [0.15, 0.2) is 11.5 Å². The Kier molecular flexibility index (Phi) is 3.97. The number of rotatable bonds is 3. The molecule has 0 atom stereocenters. The average Bonchev–Trinajstić information content (AvgIpc) is 2.21. The second-order valence-corrected chi connectivity index (χ2v) is 2.94. The number of benzene rings is 1. The van der Waals surface area contributed by atoms with Gasteiger partial charge in [-0.3, -0.25) is 0 Å². The summed E-state index contributed by atoms with van der Waals surface area (Å²) in [6.45, 7) is 3.93. The molecule has 0 bridgehead atoms. The Hall–Kier alpha value is -1.71. The van der Waals surface area contributed by atoms with E-state index in [0.717, 1.165) is 5.56 Å². The minimum Gasteiger partial charge on any atom is -0.493 e. The van der Waals surface area contributed by atoms with E-state index in [2.05, 4.69) is 4.74 Å². The summed E-state index contributed by atoms with van der Waals surface area (Å²) in [5.74, 6) is 0.879. The molecule has 4 nitrogen and oxygen atoms in total. The molecule has 1 rings (SSSR count). The van der Waals surface area contributed by atoms with Gasteiger partial charge >= 0.3 is 6.16 Å². The van der Waals surface area contributed by atoms with Gasteiger partial charge in [-0.05, 0) is 31.5 Å². The third-order valence-electron chi connectivity index (χ3n) is 1.77. The average molecular weight is 210 g/mol. The molecular formula is C11H14O4. The number of hydrogen-bond acceptors (Lipinski definition) is 4. The van der Waals surface area contributed by atoms with E-state index >= 15 is 0 Å². The molecule has 0 amide bonds. The minimum absolute atomic E-state index is 0.285. The van der Waals surface area contributed by atoms with Gasteiger partial charge in [0, 0.05) is 0 Å². The van der Waals surface area contributed by atoms with Gasteiger partial charge in [0.1, 0.15) is 0 Å². The van der Waals surface area contributed by atoms with Gasteiger partial charge in [-0.25, -0.2) is 4.79 Å². The predicted molar refractivity (Wildman–Crippen MR) is 55.4 cm³/mol. The van der Waals surface area contributed by atoms with Crippen LogP contribution in [-0.4, -0.2) is 19.9 Å². The third kappa shape index (κ3) is 3.16. The van der Waals surface area contributed by atoms with E-state index in [1.807, 2.05) is 13.0 Å². The quantitative estimate of drug-likeness (QED) is 0.568. The van der Waals surface area contributed by atoms with Gasteiger partial charge in [-0.15, -0.1) is 0 Å². The first kappa shape index (κ1) is 11.4. The largest absolute Gasteiger partial charge is 0.513 e. The lowest BCUT2D eigenvalue weighted by Crippen LogP contribution is -2.10. The molecule has 0 fully saturated rings. The van der Waals surface area contributed by atoms with E-state index in [4.69, 9.17) is 9.47 Å². The number of hydrogen-bond donors (Lipinski definition) is 0. The zero-order valence-corrected chi connectivity index (χ0v) is 9.07. The van der Waals surface area contributed by atoms with Crippen LogP contribution in [0.1, 0.15) is 12.5 Å². The molecule has 0 unspecified atom stereocenters. The summed E-state index contributed by atoms with van der Waals surface area (Å²) in [6, 6.07) is 5.29. The smallest absolute Gasteiger partial charge is 0.493 e. The molecule has 0 spiro atoms. The molecule has 1 aromatic carbocycles. The topological polar surface area (TPSA) is 44.8 Å². The molecule has 15 heavy (non-hydrogen) atoms. The molecule has 0 aliphatic rings. The van der Waals surface area contributed by atoms with E-state index in [9.17, 15) is 4.79 Å². The van der Waals surface area contributed by atoms with E-state index in [1.54, 1.807) is 19.1 Å². The maximum atomic E-state index is 11.1. The Morgan fingerprint density at radius 1 is 1.33 bits per heavy atom. The van der Waals surface area contributed by atoms with Crippen molar-refractivity contribution >= 4 is 6.16 Å². The van der Waals surface area contributed by atoms with Crippen LogP contribution in [0.15, 0.2) is 18.2 Å². The summed E-state index contributed by atoms with van der Waals surface area (Å²) < 4.78 is 14.7. The first-order valence-corrected chi connectivity index (χ1v) is 4.66. The first-order chi connectivity index (χ1) is 7.17. The van der Waals surface area contributed by atoms with Crippen molar-refractivity contribution in [1.29, 1.82) is 0 Å². The zero-order valence-electron chi connectivity index (χ0n) is 9.07. The number of ether oxygens (including phenoxy) is 3. The van der Waals surface area contributed by atoms with Crippen LogP contribution in [0.5, 0.6) is 11.5 Å². The monoisotopic (exact) mass is 210 g/mol. The van der Waals surface area contributed by atoms with Crippen molar-refractivity contribution in [3.63, 3.8) is 0 Å². The van der Waals surface area contributed by atoms with Gasteiger partial charge in [-0.2, -0.15) is 0 Å². The lowest BCUT2D eigenvalue weighted by molar-refractivity contribution is 0.103. The fourth-order valence-corrected chi connectivity index (χ4v) is 1.10. The molecule has 0 N–H and O–H groups in total. The molecule has 0 radical (unpaired) electrons. The fraction of sp³-hybridized carbons (Fsp3) is 0.364. The van der Waals surface area contributed by atoms with Gasteiger partial charge < -0.3 is 14.2 Å². The van der Waals surface area contributed by atoms with Gasteiger partial charge in [0.2, 0.25) is 0 Å². The number of carbonyl (C=O) groups excluding carboxylic acids is 1. The standard InChI is InChI=1S/C11H14O4/c1-4-14-11(12)15-9-6-5-8(2)7-10(9)13-3/h5-7H,4H2,1-3H3. The maximum absolute atomic E-state index is 11.1. The molecule has 0 saturated carbocycles. The first-order valence-electron chi connectivity index (χ1n) is 4.66. The van der Waals surface area contributed by atoms with Gasteiger partial charge in [0.25, 0.3) is 0 Å². The van der Waals surface area contributed by atoms with Gasteiger partial charge in [-0.1, -0.05) is 6.07 Å². The van der Waals surface area contributed by atoms with Crippen molar-refractivity contribution in [2.75, 3.05) is 13.7 Å². The lowest BCUT2D eigenvalue weighted by Gasteiger charge is -2.09. The van der Waals surface area contributed by atoms with Crippen molar-refractivity contribution in [3.8, 4) is 11.5 Å². The SMILES string of the molecule is CCOC(=O)Oc1ccc(C)cc1OC. The van der Waals surface area contributed by atoms with Crippen LogP contribution < -0.4 is 9.47 Å². The number of aryl methyl sites for hydroxylation is 1. The van der Waals surface area contributed by atoms with Crippen molar-refractivity contribution in [3.05, 3.63) is 23.8 Å². The Morgan fingerprint density at radius 2 is 2.07 bits per heavy atom. The molecule has 4 heteroatoms. The van der Waals surface area contributed by atoms with Crippen LogP contribution in [0.3, 0.4) is 0 Å². The van der Waals surface area contributed by atoms with Crippen molar-refractivity contribution < 1.29 is 19.0 Å². The van der Waals surface area contributed by atoms with Crippen LogP contribution >= 0.6 is 0 Å². The number of carbonyl (C=O) groups is 1. The van der Waals surface area contributed by atoms with Gasteiger partial charge in [0.05, 0.1) is 13.7 Å². The van der Waals surface area contributed by atoms with Crippen LogP contribution in [0.2, 0.25) is 0 Å². The number of methoxy groups -OCH3 is 1. The molecular weight excluding hydrogens is 196 g/mol. The van der Waals surface area contributed by atoms with E-state index < -0.39 is 6.16 Å². The normalized spacial score (nSPS) is 9.53. The Labute approximate surface area is 88.8 Å². The summed E-state index contributed by atoms with van der Waals surface area (Å²) in [5.41, 5.74) is 1.03. The Balaban J connectivity index is 2.80. The Bertz CT molecular complexity index is 346. The Morgan fingerprint density at radius 3 is 2.67 bits per heavy atom. The second-order valence-electron chi connectivity index (χ2n) is 2.94. The van der Waals surface area contributed by atoms with E-state index in [-0.39, 0.29) is 6.61 Å². The summed E-state index contributed by atoms with van der Waals surface area (Å²) in [7, 11) is 1.52. The van der Waals surface area contributed by atoms with Crippen LogP contribution in [0, 0.1) is 6.92 Å². The maximum Gasteiger partial charge on any atom is 0.513 e. The highest BCUT2D eigenvalue weighted by atomic mass is 16.7. The predicted octanol–water partition coefficient (Wildman–Crippen LogP) is 2.54. The summed E-state index contributed by atoms with van der Waals surface area (Å²) >= 11 is 0. The summed E-state index contributed by atoms with van der Waals surface area (Å²) in [4.78, 5) is 11.1. The van der Waals surface area contributed by atoms with E-state index in [0.29, 0.717) is 11.5 Å². The highest BCUT2D eigenvalue weighted by molar-refractivity contribution is 5.65.